The van der Waals surface area contributed by atoms with Crippen LogP contribution < -0.4 is 19.9 Å². The first-order chi connectivity index (χ1) is 23.8. The molecule has 1 aromatic heterocycles. The molecule has 2 aliphatic rings. The number of anilines is 2. The summed E-state index contributed by atoms with van der Waals surface area (Å²) in [5.41, 5.74) is 1.62. The van der Waals surface area contributed by atoms with Gasteiger partial charge in [-0.2, -0.15) is 0 Å². The number of aliphatic hydroxyl groups is 1. The van der Waals surface area contributed by atoms with Crippen LogP contribution in [0.5, 0.6) is 5.75 Å². The van der Waals surface area contributed by atoms with Gasteiger partial charge in [0.15, 0.2) is 0 Å². The Kier molecular flexibility index (Phi) is 9.86. The highest BCUT2D eigenvalue weighted by molar-refractivity contribution is 6.05. The molecular formula is C37H38FN5O6. The quantitative estimate of drug-likeness (QED) is 0.210. The van der Waals surface area contributed by atoms with E-state index in [1.54, 1.807) is 55.9 Å². The van der Waals surface area contributed by atoms with Crippen molar-refractivity contribution in [1.29, 1.82) is 0 Å². The number of aromatic nitrogens is 2. The molecule has 49 heavy (non-hydrogen) atoms. The number of carbonyl (C=O) groups is 3. The molecule has 3 aromatic carbocycles. The van der Waals surface area contributed by atoms with Crippen LogP contribution in [0, 0.1) is 5.82 Å². The van der Waals surface area contributed by atoms with E-state index in [-0.39, 0.29) is 29.7 Å². The van der Waals surface area contributed by atoms with E-state index in [0.29, 0.717) is 36.8 Å². The highest BCUT2D eigenvalue weighted by atomic mass is 19.1. The van der Waals surface area contributed by atoms with Crippen molar-refractivity contribution in [3.05, 3.63) is 113 Å². The van der Waals surface area contributed by atoms with Gasteiger partial charge in [0.25, 0.3) is 5.91 Å². The molecule has 2 atom stereocenters. The van der Waals surface area contributed by atoms with Crippen LogP contribution in [-0.4, -0.2) is 66.3 Å². The molecule has 1 saturated carbocycles. The Morgan fingerprint density at radius 3 is 2.45 bits per heavy atom. The van der Waals surface area contributed by atoms with Crippen LogP contribution in [-0.2, 0) is 26.3 Å². The van der Waals surface area contributed by atoms with Crippen LogP contribution >= 0.6 is 0 Å². The lowest BCUT2D eigenvalue weighted by Crippen LogP contribution is -2.51. The first kappa shape index (κ1) is 33.5. The highest BCUT2D eigenvalue weighted by Crippen LogP contribution is 2.48. The summed E-state index contributed by atoms with van der Waals surface area (Å²) in [6.07, 6.45) is 6.08. The second kappa shape index (κ2) is 14.4. The lowest BCUT2D eigenvalue weighted by molar-refractivity contribution is -0.127. The third-order valence-corrected chi connectivity index (χ3v) is 9.32. The molecule has 0 bridgehead atoms. The molecule has 2 amide bonds. The van der Waals surface area contributed by atoms with E-state index in [9.17, 15) is 19.5 Å². The zero-order valence-corrected chi connectivity index (χ0v) is 27.3. The van der Waals surface area contributed by atoms with Gasteiger partial charge >= 0.3 is 5.97 Å². The van der Waals surface area contributed by atoms with Crippen LogP contribution in [0.3, 0.4) is 0 Å². The fourth-order valence-electron chi connectivity index (χ4n) is 6.39. The number of esters is 1. The molecule has 6 rings (SSSR count). The Balaban J connectivity index is 1.44. The highest BCUT2D eigenvalue weighted by Gasteiger charge is 2.44. The van der Waals surface area contributed by atoms with Crippen molar-refractivity contribution in [3.8, 4) is 5.75 Å². The number of amides is 2. The third-order valence-electron chi connectivity index (χ3n) is 9.32. The number of aliphatic hydroxyl groups excluding tert-OH is 1. The summed E-state index contributed by atoms with van der Waals surface area (Å²) in [7, 11) is 2.70. The SMILES string of the molecule is COC(=O)c1ccc(C(C(=O)NCc2cccc(OC)c2)N(C(=O)C2CCCN2c2ncccn2)c2ccc(C3(CO)CC3)cc2)cc1F. The Labute approximate surface area is 283 Å². The molecule has 2 heterocycles. The monoisotopic (exact) mass is 667 g/mol. The van der Waals surface area contributed by atoms with Crippen LogP contribution in [0.4, 0.5) is 16.0 Å². The van der Waals surface area contributed by atoms with Gasteiger partial charge in [-0.15, -0.1) is 0 Å². The summed E-state index contributed by atoms with van der Waals surface area (Å²) < 4.78 is 25.6. The van der Waals surface area contributed by atoms with Crippen molar-refractivity contribution in [2.45, 2.75) is 49.7 Å². The number of ether oxygens (including phenoxy) is 2. The molecule has 0 radical (unpaired) electrons. The molecular weight excluding hydrogens is 629 g/mol. The van der Waals surface area contributed by atoms with Gasteiger partial charge in [-0.05, 0) is 84.8 Å². The van der Waals surface area contributed by atoms with E-state index in [4.69, 9.17) is 9.47 Å². The predicted molar refractivity (Wildman–Crippen MR) is 180 cm³/mol. The van der Waals surface area contributed by atoms with E-state index < -0.39 is 35.7 Å². The summed E-state index contributed by atoms with van der Waals surface area (Å²) in [5.74, 6) is -1.73. The normalized spacial score (nSPS) is 16.8. The summed E-state index contributed by atoms with van der Waals surface area (Å²) in [6.45, 7) is 0.633. The average molecular weight is 668 g/mol. The molecule has 4 aromatic rings. The number of carbonyl (C=O) groups excluding carboxylic acids is 3. The topological polar surface area (TPSA) is 134 Å². The minimum Gasteiger partial charge on any atom is -0.497 e. The number of hydrogen-bond acceptors (Lipinski definition) is 9. The lowest BCUT2D eigenvalue weighted by atomic mass is 9.95. The Bertz CT molecular complexity index is 1820. The number of benzene rings is 3. The standard InChI is InChI=1S/C37H38FN5O6/c1-48-28-7-3-6-24(20-28)22-41-33(45)32(25-9-14-29(30(38)21-25)35(47)49-2)43(27-12-10-26(11-13-27)37(23-44)15-16-37)34(46)31-8-4-19-42(31)36-39-17-5-18-40-36/h3,5-7,9-14,17-18,20-21,31-32,44H,4,8,15-16,19,22-23H2,1-2H3,(H,41,45). The van der Waals surface area contributed by atoms with E-state index in [0.717, 1.165) is 37.1 Å². The van der Waals surface area contributed by atoms with E-state index in [1.807, 2.05) is 23.1 Å². The smallest absolute Gasteiger partial charge is 0.340 e. The van der Waals surface area contributed by atoms with Crippen molar-refractivity contribution in [3.63, 3.8) is 0 Å². The number of halogens is 1. The predicted octanol–water partition coefficient (Wildman–Crippen LogP) is 4.49. The van der Waals surface area contributed by atoms with Crippen molar-refractivity contribution >= 4 is 29.4 Å². The Morgan fingerprint density at radius 2 is 1.80 bits per heavy atom. The molecule has 1 saturated heterocycles. The zero-order chi connectivity index (χ0) is 34.5. The Morgan fingerprint density at radius 1 is 1.04 bits per heavy atom. The number of nitrogens with one attached hydrogen (secondary N) is 1. The van der Waals surface area contributed by atoms with E-state index in [2.05, 4.69) is 15.3 Å². The fraction of sp³-hybridized carbons (Fsp3) is 0.324. The van der Waals surface area contributed by atoms with Gasteiger partial charge in [-0.1, -0.05) is 30.3 Å². The molecule has 1 aliphatic carbocycles. The number of methoxy groups -OCH3 is 2. The minimum atomic E-state index is -1.35. The largest absolute Gasteiger partial charge is 0.497 e. The minimum absolute atomic E-state index is 0.00419. The van der Waals surface area contributed by atoms with Crippen LogP contribution in [0.25, 0.3) is 0 Å². The molecule has 254 valence electrons. The van der Waals surface area contributed by atoms with Crippen molar-refractivity contribution in [1.82, 2.24) is 15.3 Å². The van der Waals surface area contributed by atoms with Crippen molar-refractivity contribution in [2.75, 3.05) is 37.2 Å². The molecule has 2 N–H and O–H groups in total. The van der Waals surface area contributed by atoms with E-state index in [1.165, 1.54) is 17.0 Å². The molecule has 0 spiro atoms. The lowest BCUT2D eigenvalue weighted by Gasteiger charge is -2.35. The van der Waals surface area contributed by atoms with Gasteiger partial charge < -0.3 is 24.8 Å². The van der Waals surface area contributed by atoms with Gasteiger partial charge in [0.2, 0.25) is 11.9 Å². The summed E-state index contributed by atoms with van der Waals surface area (Å²) >= 11 is 0. The molecule has 2 fully saturated rings. The molecule has 2 unspecified atom stereocenters. The van der Waals surface area contributed by atoms with Crippen molar-refractivity contribution in [2.24, 2.45) is 0 Å². The Hall–Kier alpha value is -5.36. The first-order valence-electron chi connectivity index (χ1n) is 16.1. The van der Waals surface area contributed by atoms with Crippen molar-refractivity contribution < 1.29 is 33.4 Å². The number of rotatable bonds is 12. The van der Waals surface area contributed by atoms with Crippen LogP contribution in [0.1, 0.15) is 58.8 Å². The van der Waals surface area contributed by atoms with Crippen LogP contribution in [0.2, 0.25) is 0 Å². The fourth-order valence-corrected chi connectivity index (χ4v) is 6.39. The summed E-state index contributed by atoms with van der Waals surface area (Å²) in [6, 6.07) is 17.8. The maximum atomic E-state index is 15.5. The zero-order valence-electron chi connectivity index (χ0n) is 27.3. The van der Waals surface area contributed by atoms with Gasteiger partial charge in [0.1, 0.15) is 23.7 Å². The third kappa shape index (κ3) is 6.95. The maximum Gasteiger partial charge on any atom is 0.340 e. The number of nitrogens with zero attached hydrogens (tertiary/aromatic N) is 4. The van der Waals surface area contributed by atoms with Crippen LogP contribution in [0.15, 0.2) is 85.2 Å². The number of hydrogen-bond donors (Lipinski definition) is 2. The summed E-state index contributed by atoms with van der Waals surface area (Å²) in [5, 5.41) is 13.0. The second-order valence-corrected chi connectivity index (χ2v) is 12.3. The average Bonchev–Trinajstić information content (AvgIpc) is 3.79. The van der Waals surface area contributed by atoms with Gasteiger partial charge in [-0.25, -0.2) is 19.2 Å². The summed E-state index contributed by atoms with van der Waals surface area (Å²) in [4.78, 5) is 53.5. The molecule has 1 aliphatic heterocycles. The second-order valence-electron chi connectivity index (χ2n) is 12.3. The first-order valence-corrected chi connectivity index (χ1v) is 16.1. The van der Waals surface area contributed by atoms with Gasteiger partial charge in [0.05, 0.1) is 26.4 Å². The van der Waals surface area contributed by atoms with Gasteiger partial charge in [-0.3, -0.25) is 14.5 Å². The molecule has 12 heteroatoms. The maximum absolute atomic E-state index is 15.5. The molecule has 11 nitrogen and oxygen atoms in total. The van der Waals surface area contributed by atoms with Gasteiger partial charge in [0, 0.05) is 36.6 Å². The van der Waals surface area contributed by atoms with E-state index >= 15 is 4.39 Å².